The Morgan fingerprint density at radius 2 is 2.20 bits per heavy atom. The molecule has 0 aromatic rings. The average Bonchev–Trinajstić information content (AvgIpc) is 1.59. The van der Waals surface area contributed by atoms with Gasteiger partial charge in [-0.3, -0.25) is 4.79 Å². The summed E-state index contributed by atoms with van der Waals surface area (Å²) in [6, 6.07) is 0. The normalized spacial score (nSPS) is 11.0. The van der Waals surface area contributed by atoms with Gasteiger partial charge in [-0.15, -0.1) is 6.58 Å². The second-order valence-electron chi connectivity index (χ2n) is 3.23. The van der Waals surface area contributed by atoms with Gasteiger partial charge in [-0.1, -0.05) is 19.9 Å². The first kappa shape index (κ1) is 9.21. The molecule has 58 valence electrons. The van der Waals surface area contributed by atoms with Gasteiger partial charge < -0.3 is 5.11 Å². The highest BCUT2D eigenvalue weighted by atomic mass is 16.4. The predicted molar refractivity (Wildman–Crippen MR) is 40.8 cm³/mol. The van der Waals surface area contributed by atoms with Crippen molar-refractivity contribution in [3.63, 3.8) is 0 Å². The van der Waals surface area contributed by atoms with Crippen LogP contribution < -0.4 is 0 Å². The van der Waals surface area contributed by atoms with Crippen LogP contribution in [0.5, 0.6) is 0 Å². The first-order chi connectivity index (χ1) is 4.48. The van der Waals surface area contributed by atoms with Crippen molar-refractivity contribution in [3.8, 4) is 0 Å². The lowest BCUT2D eigenvalue weighted by molar-refractivity contribution is -0.139. The van der Waals surface area contributed by atoms with Crippen LogP contribution in [0.3, 0.4) is 0 Å². The summed E-state index contributed by atoms with van der Waals surface area (Å²) in [6.07, 6.45) is 2.71. The van der Waals surface area contributed by atoms with Gasteiger partial charge in [-0.25, -0.2) is 0 Å². The number of aliphatic carboxylic acids is 1. The number of hydrogen-bond acceptors (Lipinski definition) is 1. The molecule has 0 aliphatic heterocycles. The molecule has 0 amide bonds. The SMILES string of the molecule is C=CCC(C)(C)CC(=O)O. The molecule has 0 saturated heterocycles. The Hall–Kier alpha value is -0.790. The number of carboxylic acids is 1. The molecule has 1 N–H and O–H groups in total. The topological polar surface area (TPSA) is 37.3 Å². The van der Waals surface area contributed by atoms with Gasteiger partial charge >= 0.3 is 5.97 Å². The molecule has 0 aromatic carbocycles. The van der Waals surface area contributed by atoms with E-state index in [1.54, 1.807) is 6.08 Å². The quantitative estimate of drug-likeness (QED) is 0.610. The van der Waals surface area contributed by atoms with Gasteiger partial charge in [0.1, 0.15) is 0 Å². The van der Waals surface area contributed by atoms with Crippen LogP contribution in [0.2, 0.25) is 0 Å². The van der Waals surface area contributed by atoms with E-state index in [0.29, 0.717) is 0 Å². The zero-order valence-corrected chi connectivity index (χ0v) is 6.55. The molecular weight excluding hydrogens is 128 g/mol. The van der Waals surface area contributed by atoms with Crippen LogP contribution in [-0.4, -0.2) is 11.1 Å². The second-order valence-corrected chi connectivity index (χ2v) is 3.23. The van der Waals surface area contributed by atoms with E-state index in [1.807, 2.05) is 13.8 Å². The Kier molecular flexibility index (Phi) is 3.13. The fourth-order valence-corrected chi connectivity index (χ4v) is 0.872. The number of hydrogen-bond donors (Lipinski definition) is 1. The minimum absolute atomic E-state index is 0.145. The summed E-state index contributed by atoms with van der Waals surface area (Å²) in [5.41, 5.74) is -0.145. The molecule has 2 heteroatoms. The number of allylic oxidation sites excluding steroid dienone is 1. The van der Waals surface area contributed by atoms with Crippen LogP contribution in [-0.2, 0) is 4.79 Å². The third-order valence-corrected chi connectivity index (χ3v) is 1.33. The molecule has 0 saturated carbocycles. The summed E-state index contributed by atoms with van der Waals surface area (Å²) in [6.45, 7) is 7.40. The van der Waals surface area contributed by atoms with Crippen LogP contribution in [0.25, 0.3) is 0 Å². The number of carboxylic acid groups (broad SMARTS) is 1. The molecule has 0 spiro atoms. The summed E-state index contributed by atoms with van der Waals surface area (Å²) in [4.78, 5) is 10.3. The van der Waals surface area contributed by atoms with Crippen LogP contribution in [0.1, 0.15) is 26.7 Å². The van der Waals surface area contributed by atoms with Gasteiger partial charge in [0.25, 0.3) is 0 Å². The lowest BCUT2D eigenvalue weighted by Crippen LogP contribution is -2.15. The van der Waals surface area contributed by atoms with Gasteiger partial charge in [0.15, 0.2) is 0 Å². The lowest BCUT2D eigenvalue weighted by Gasteiger charge is -2.19. The van der Waals surface area contributed by atoms with Crippen molar-refractivity contribution in [2.45, 2.75) is 26.7 Å². The average molecular weight is 142 g/mol. The van der Waals surface area contributed by atoms with Crippen LogP contribution in [0, 0.1) is 5.41 Å². The summed E-state index contributed by atoms with van der Waals surface area (Å²) < 4.78 is 0. The number of carbonyl (C=O) groups is 1. The fourth-order valence-electron chi connectivity index (χ4n) is 0.872. The lowest BCUT2D eigenvalue weighted by atomic mass is 9.86. The Morgan fingerprint density at radius 1 is 1.70 bits per heavy atom. The first-order valence-corrected chi connectivity index (χ1v) is 3.30. The zero-order chi connectivity index (χ0) is 8.20. The van der Waals surface area contributed by atoms with E-state index in [2.05, 4.69) is 6.58 Å². The minimum atomic E-state index is -0.744. The number of rotatable bonds is 4. The van der Waals surface area contributed by atoms with Gasteiger partial charge in [0.2, 0.25) is 0 Å². The molecule has 0 aromatic heterocycles. The molecule has 0 aliphatic carbocycles. The molecule has 0 heterocycles. The standard InChI is InChI=1S/C8H14O2/c1-4-5-8(2,3)6-7(9)10/h4H,1,5-6H2,2-3H3,(H,9,10). The maximum absolute atomic E-state index is 10.3. The molecule has 0 atom stereocenters. The highest BCUT2D eigenvalue weighted by Gasteiger charge is 2.19. The first-order valence-electron chi connectivity index (χ1n) is 3.30. The van der Waals surface area contributed by atoms with Crippen molar-refractivity contribution in [2.24, 2.45) is 5.41 Å². The smallest absolute Gasteiger partial charge is 0.303 e. The molecule has 0 fully saturated rings. The van der Waals surface area contributed by atoms with Crippen LogP contribution in [0.4, 0.5) is 0 Å². The van der Waals surface area contributed by atoms with Gasteiger partial charge in [0, 0.05) is 0 Å². The van der Waals surface area contributed by atoms with Crippen molar-refractivity contribution < 1.29 is 9.90 Å². The van der Waals surface area contributed by atoms with Crippen LogP contribution in [0.15, 0.2) is 12.7 Å². The van der Waals surface area contributed by atoms with Crippen molar-refractivity contribution in [3.05, 3.63) is 12.7 Å². The van der Waals surface area contributed by atoms with Gasteiger partial charge in [-0.2, -0.15) is 0 Å². The van der Waals surface area contributed by atoms with Gasteiger partial charge in [0.05, 0.1) is 6.42 Å². The summed E-state index contributed by atoms with van der Waals surface area (Å²) in [7, 11) is 0. The molecule has 2 nitrogen and oxygen atoms in total. The largest absolute Gasteiger partial charge is 0.481 e. The summed E-state index contributed by atoms with van der Waals surface area (Å²) in [5, 5.41) is 8.44. The van der Waals surface area contributed by atoms with Crippen molar-refractivity contribution in [1.29, 1.82) is 0 Å². The molecule has 0 radical (unpaired) electrons. The van der Waals surface area contributed by atoms with Crippen LogP contribution >= 0.6 is 0 Å². The van der Waals surface area contributed by atoms with E-state index in [0.717, 1.165) is 6.42 Å². The maximum Gasteiger partial charge on any atom is 0.303 e. The van der Waals surface area contributed by atoms with Crippen molar-refractivity contribution in [2.75, 3.05) is 0 Å². The second kappa shape index (κ2) is 3.40. The summed E-state index contributed by atoms with van der Waals surface area (Å²) >= 11 is 0. The Morgan fingerprint density at radius 3 is 2.50 bits per heavy atom. The van der Waals surface area contributed by atoms with Crippen molar-refractivity contribution >= 4 is 5.97 Å². The zero-order valence-electron chi connectivity index (χ0n) is 6.55. The van der Waals surface area contributed by atoms with E-state index < -0.39 is 5.97 Å². The van der Waals surface area contributed by atoms with Crippen molar-refractivity contribution in [1.82, 2.24) is 0 Å². The molecule has 10 heavy (non-hydrogen) atoms. The van der Waals surface area contributed by atoms with E-state index in [-0.39, 0.29) is 11.8 Å². The maximum atomic E-state index is 10.3. The van der Waals surface area contributed by atoms with E-state index in [1.165, 1.54) is 0 Å². The Balaban J connectivity index is 3.85. The predicted octanol–water partition coefficient (Wildman–Crippen LogP) is 2.06. The molecule has 0 unspecified atom stereocenters. The molecular formula is C8H14O2. The third-order valence-electron chi connectivity index (χ3n) is 1.33. The van der Waals surface area contributed by atoms with E-state index in [9.17, 15) is 4.79 Å². The molecule has 0 bridgehead atoms. The monoisotopic (exact) mass is 142 g/mol. The Labute approximate surface area is 61.6 Å². The minimum Gasteiger partial charge on any atom is -0.481 e. The Bertz CT molecular complexity index is 136. The van der Waals surface area contributed by atoms with E-state index >= 15 is 0 Å². The summed E-state index contributed by atoms with van der Waals surface area (Å²) in [5.74, 6) is -0.744. The van der Waals surface area contributed by atoms with E-state index in [4.69, 9.17) is 5.11 Å². The highest BCUT2D eigenvalue weighted by molar-refractivity contribution is 5.67. The van der Waals surface area contributed by atoms with Gasteiger partial charge in [-0.05, 0) is 11.8 Å². The molecule has 0 aliphatic rings. The molecule has 0 rings (SSSR count). The third kappa shape index (κ3) is 4.13. The highest BCUT2D eigenvalue weighted by Crippen LogP contribution is 2.24. The fraction of sp³-hybridized carbons (Fsp3) is 0.625.